The summed E-state index contributed by atoms with van der Waals surface area (Å²) in [7, 11) is 0. The van der Waals surface area contributed by atoms with Crippen LogP contribution in [0.5, 0.6) is 0 Å². The van der Waals surface area contributed by atoms with Gasteiger partial charge in [0.1, 0.15) is 24.3 Å². The molecule has 0 atom stereocenters. The summed E-state index contributed by atoms with van der Waals surface area (Å²) in [4.78, 5) is 20.0. The van der Waals surface area contributed by atoms with Crippen LogP contribution in [0.15, 0.2) is 79.0 Å². The molecule has 0 bridgehead atoms. The first kappa shape index (κ1) is 20.2. The molecule has 3 aromatic carbocycles. The normalized spacial score (nSPS) is 11.6. The van der Waals surface area contributed by atoms with Crippen molar-refractivity contribution in [2.45, 2.75) is 6.54 Å². The van der Waals surface area contributed by atoms with E-state index in [4.69, 9.17) is 0 Å². The summed E-state index contributed by atoms with van der Waals surface area (Å²) in [6, 6.07) is 23.4. The van der Waals surface area contributed by atoms with E-state index in [1.165, 1.54) is 12.1 Å². The second kappa shape index (κ2) is 8.44. The molecule has 5 aromatic rings. The highest BCUT2D eigenvalue weighted by atomic mass is 19.1. The SMILES string of the molecule is N#C/C(=C/c1cn(CC(=O)Nc2ccccc2)c2ccccc12)c1nc2ccc(F)cc2[nH]1. The maximum Gasteiger partial charge on any atom is 0.244 e. The zero-order valence-corrected chi connectivity index (χ0v) is 17.4. The first-order valence-electron chi connectivity index (χ1n) is 10.3. The highest BCUT2D eigenvalue weighted by Gasteiger charge is 2.13. The lowest BCUT2D eigenvalue weighted by atomic mass is 10.1. The summed E-state index contributed by atoms with van der Waals surface area (Å²) in [5, 5.41) is 13.6. The lowest BCUT2D eigenvalue weighted by Crippen LogP contribution is -2.18. The predicted octanol–water partition coefficient (Wildman–Crippen LogP) is 5.36. The molecule has 160 valence electrons. The van der Waals surface area contributed by atoms with Crippen molar-refractivity contribution >= 4 is 45.2 Å². The second-order valence-corrected chi connectivity index (χ2v) is 7.56. The number of carbonyl (C=O) groups excluding carboxylic acids is 1. The lowest BCUT2D eigenvalue weighted by molar-refractivity contribution is -0.116. The molecule has 2 heterocycles. The van der Waals surface area contributed by atoms with Crippen LogP contribution >= 0.6 is 0 Å². The number of aromatic nitrogens is 3. The van der Waals surface area contributed by atoms with Crippen LogP contribution in [0.1, 0.15) is 11.4 Å². The van der Waals surface area contributed by atoms with Crippen molar-refractivity contribution in [3.05, 3.63) is 96.2 Å². The molecule has 0 radical (unpaired) electrons. The number of amides is 1. The number of hydrogen-bond donors (Lipinski definition) is 2. The number of carbonyl (C=O) groups is 1. The minimum atomic E-state index is -0.378. The molecule has 6 nitrogen and oxygen atoms in total. The Hall–Kier alpha value is -4.70. The van der Waals surface area contributed by atoms with Crippen molar-refractivity contribution < 1.29 is 9.18 Å². The average molecular weight is 435 g/mol. The standard InChI is InChI=1S/C26H18FN5O/c27-19-10-11-22-23(13-19)31-26(30-22)17(14-28)12-18-15-32(24-9-5-4-8-21(18)24)16-25(33)29-20-6-2-1-3-7-20/h1-13,15H,16H2,(H,29,33)(H,30,31)/b17-12-. The van der Waals surface area contributed by atoms with E-state index >= 15 is 0 Å². The number of aromatic amines is 1. The largest absolute Gasteiger partial charge is 0.337 e. The van der Waals surface area contributed by atoms with Gasteiger partial charge < -0.3 is 14.9 Å². The Kier molecular flexibility index (Phi) is 5.17. The maximum absolute atomic E-state index is 13.5. The van der Waals surface area contributed by atoms with Gasteiger partial charge in [-0.05, 0) is 42.5 Å². The van der Waals surface area contributed by atoms with Crippen LogP contribution in [0, 0.1) is 17.1 Å². The van der Waals surface area contributed by atoms with E-state index in [0.717, 1.165) is 22.2 Å². The van der Waals surface area contributed by atoms with E-state index in [2.05, 4.69) is 21.4 Å². The van der Waals surface area contributed by atoms with Crippen molar-refractivity contribution in [3.63, 3.8) is 0 Å². The summed E-state index contributed by atoms with van der Waals surface area (Å²) in [5.74, 6) is -0.175. The molecule has 1 amide bonds. The number of nitrogens with one attached hydrogen (secondary N) is 2. The van der Waals surface area contributed by atoms with Crippen LogP contribution in [-0.2, 0) is 11.3 Å². The Morgan fingerprint density at radius 3 is 2.73 bits per heavy atom. The van der Waals surface area contributed by atoms with Gasteiger partial charge in [0.15, 0.2) is 0 Å². The average Bonchev–Trinajstić information content (AvgIpc) is 3.39. The molecular weight excluding hydrogens is 417 g/mol. The Bertz CT molecular complexity index is 1560. The molecule has 2 aromatic heterocycles. The molecule has 0 unspecified atom stereocenters. The van der Waals surface area contributed by atoms with Crippen molar-refractivity contribution in [2.24, 2.45) is 0 Å². The van der Waals surface area contributed by atoms with E-state index in [1.54, 1.807) is 12.1 Å². The zero-order chi connectivity index (χ0) is 22.8. The number of allylic oxidation sites excluding steroid dienone is 1. The molecular formula is C26H18FN5O. The molecule has 0 saturated heterocycles. The van der Waals surface area contributed by atoms with Gasteiger partial charge in [0.25, 0.3) is 0 Å². The molecule has 0 fully saturated rings. The number of hydrogen-bond acceptors (Lipinski definition) is 3. The number of nitriles is 1. The smallest absolute Gasteiger partial charge is 0.244 e. The highest BCUT2D eigenvalue weighted by Crippen LogP contribution is 2.26. The van der Waals surface area contributed by atoms with Crippen LogP contribution in [0.3, 0.4) is 0 Å². The van der Waals surface area contributed by atoms with E-state index in [9.17, 15) is 14.4 Å². The van der Waals surface area contributed by atoms with Gasteiger partial charge in [-0.2, -0.15) is 5.26 Å². The number of H-pyrrole nitrogens is 1. The van der Waals surface area contributed by atoms with Crippen molar-refractivity contribution in [1.29, 1.82) is 5.26 Å². The molecule has 0 aliphatic heterocycles. The molecule has 0 spiro atoms. The van der Waals surface area contributed by atoms with Crippen molar-refractivity contribution in [2.75, 3.05) is 5.32 Å². The van der Waals surface area contributed by atoms with Crippen LogP contribution in [0.25, 0.3) is 33.6 Å². The van der Waals surface area contributed by atoms with Crippen LogP contribution in [0.2, 0.25) is 0 Å². The van der Waals surface area contributed by atoms with Crippen LogP contribution in [-0.4, -0.2) is 20.4 Å². The summed E-state index contributed by atoms with van der Waals surface area (Å²) >= 11 is 0. The molecule has 0 saturated carbocycles. The maximum atomic E-state index is 13.5. The van der Waals surface area contributed by atoms with Gasteiger partial charge in [0.05, 0.1) is 16.6 Å². The molecule has 2 N–H and O–H groups in total. The van der Waals surface area contributed by atoms with Gasteiger partial charge >= 0.3 is 0 Å². The number of halogens is 1. The number of para-hydroxylation sites is 2. The van der Waals surface area contributed by atoms with Gasteiger partial charge in [0.2, 0.25) is 5.91 Å². The summed E-state index contributed by atoms with van der Waals surface area (Å²) in [6.45, 7) is 0.120. The molecule has 7 heteroatoms. The number of benzene rings is 3. The van der Waals surface area contributed by atoms with E-state index in [1.807, 2.05) is 65.4 Å². The quantitative estimate of drug-likeness (QED) is 0.365. The van der Waals surface area contributed by atoms with Crippen molar-refractivity contribution in [3.8, 4) is 6.07 Å². The third-order valence-electron chi connectivity index (χ3n) is 5.31. The first-order valence-corrected chi connectivity index (χ1v) is 10.3. The van der Waals surface area contributed by atoms with E-state index < -0.39 is 0 Å². The number of fused-ring (bicyclic) bond motifs is 2. The minimum Gasteiger partial charge on any atom is -0.337 e. The van der Waals surface area contributed by atoms with E-state index in [-0.39, 0.29) is 18.3 Å². The molecule has 33 heavy (non-hydrogen) atoms. The van der Waals surface area contributed by atoms with Gasteiger partial charge in [0, 0.05) is 28.4 Å². The Labute approximate surface area is 188 Å². The Morgan fingerprint density at radius 2 is 1.91 bits per heavy atom. The number of anilines is 1. The summed E-state index contributed by atoms with van der Waals surface area (Å²) in [5.41, 5.74) is 3.78. The van der Waals surface area contributed by atoms with Crippen LogP contribution < -0.4 is 5.32 Å². The van der Waals surface area contributed by atoms with Gasteiger partial charge in [-0.25, -0.2) is 9.37 Å². The third-order valence-corrected chi connectivity index (χ3v) is 5.31. The predicted molar refractivity (Wildman–Crippen MR) is 127 cm³/mol. The fourth-order valence-electron chi connectivity index (χ4n) is 3.82. The first-order chi connectivity index (χ1) is 16.1. The monoisotopic (exact) mass is 435 g/mol. The zero-order valence-electron chi connectivity index (χ0n) is 17.4. The Balaban J connectivity index is 1.50. The van der Waals surface area contributed by atoms with Crippen molar-refractivity contribution in [1.82, 2.24) is 14.5 Å². The van der Waals surface area contributed by atoms with E-state index in [0.29, 0.717) is 22.4 Å². The molecule has 0 aliphatic rings. The fraction of sp³-hybridized carbons (Fsp3) is 0.0385. The van der Waals surface area contributed by atoms with Gasteiger partial charge in [-0.15, -0.1) is 0 Å². The molecule has 5 rings (SSSR count). The molecule has 0 aliphatic carbocycles. The minimum absolute atomic E-state index is 0.120. The third kappa shape index (κ3) is 4.10. The highest BCUT2D eigenvalue weighted by molar-refractivity contribution is 5.99. The number of imidazole rings is 1. The number of rotatable bonds is 5. The fourth-order valence-corrected chi connectivity index (χ4v) is 3.82. The van der Waals surface area contributed by atoms with Gasteiger partial charge in [-0.3, -0.25) is 4.79 Å². The second-order valence-electron chi connectivity index (χ2n) is 7.56. The van der Waals surface area contributed by atoms with Crippen LogP contribution in [0.4, 0.5) is 10.1 Å². The lowest BCUT2D eigenvalue weighted by Gasteiger charge is -2.07. The topological polar surface area (TPSA) is 86.5 Å². The summed E-state index contributed by atoms with van der Waals surface area (Å²) in [6.07, 6.45) is 3.57. The van der Waals surface area contributed by atoms with Gasteiger partial charge in [-0.1, -0.05) is 36.4 Å². The summed E-state index contributed by atoms with van der Waals surface area (Å²) < 4.78 is 15.4. The Morgan fingerprint density at radius 1 is 1.12 bits per heavy atom. The number of nitrogens with zero attached hydrogens (tertiary/aromatic N) is 3.